The van der Waals surface area contributed by atoms with Gasteiger partial charge in [0.2, 0.25) is 5.91 Å². The van der Waals surface area contributed by atoms with Gasteiger partial charge in [-0.15, -0.1) is 11.3 Å². The number of thiazole rings is 1. The molecular formula is C30H34F2N3O6S+. The number of nitrogens with zero attached hydrogens (tertiary/aromatic N) is 2. The third-order valence-corrected chi connectivity index (χ3v) is 8.97. The molecule has 0 spiro atoms. The van der Waals surface area contributed by atoms with Crippen LogP contribution in [0.2, 0.25) is 0 Å². The van der Waals surface area contributed by atoms with E-state index in [0.29, 0.717) is 39.9 Å². The maximum absolute atomic E-state index is 13.8. The van der Waals surface area contributed by atoms with Crippen LogP contribution in [0.4, 0.5) is 8.78 Å². The quantitative estimate of drug-likeness (QED) is 0.322. The van der Waals surface area contributed by atoms with Gasteiger partial charge < -0.3 is 29.1 Å². The van der Waals surface area contributed by atoms with Crippen LogP contribution in [0.3, 0.4) is 0 Å². The summed E-state index contributed by atoms with van der Waals surface area (Å²) >= 11 is 1.35. The Balaban J connectivity index is 1.22. The molecule has 2 N–H and O–H groups in total. The van der Waals surface area contributed by atoms with Crippen molar-refractivity contribution in [2.75, 3.05) is 53.6 Å². The molecule has 1 fully saturated rings. The van der Waals surface area contributed by atoms with E-state index in [0.717, 1.165) is 55.0 Å². The summed E-state index contributed by atoms with van der Waals surface area (Å²) in [7, 11) is 3.79. The first-order valence-corrected chi connectivity index (χ1v) is 14.6. The first kappa shape index (κ1) is 29.9. The molecule has 2 aliphatic rings. The molecule has 1 aromatic heterocycles. The Hall–Kier alpha value is -3.61. The summed E-state index contributed by atoms with van der Waals surface area (Å²) in [5.74, 6) is -2.40. The minimum atomic E-state index is -1.34. The smallest absolute Gasteiger partial charge is 0.304 e. The highest BCUT2D eigenvalue weighted by Crippen LogP contribution is 2.41. The molecule has 1 saturated heterocycles. The van der Waals surface area contributed by atoms with Crippen molar-refractivity contribution in [3.63, 3.8) is 0 Å². The molecule has 1 aliphatic heterocycles. The fourth-order valence-electron chi connectivity index (χ4n) is 5.63. The van der Waals surface area contributed by atoms with Crippen LogP contribution in [0.25, 0.3) is 11.3 Å². The lowest BCUT2D eigenvalue weighted by atomic mass is 9.80. The minimum Gasteiger partial charge on any atom is -0.496 e. The highest BCUT2D eigenvalue weighted by molar-refractivity contribution is 7.09. The number of aliphatic carboxylic acids is 1. The van der Waals surface area contributed by atoms with Gasteiger partial charge >= 0.3 is 5.97 Å². The number of carbonyl (C=O) groups is 2. The van der Waals surface area contributed by atoms with Crippen LogP contribution in [0.1, 0.15) is 22.6 Å². The maximum atomic E-state index is 13.8. The molecule has 0 saturated carbocycles. The number of benzene rings is 2. The van der Waals surface area contributed by atoms with Crippen molar-refractivity contribution in [3.05, 3.63) is 63.5 Å². The van der Waals surface area contributed by atoms with Crippen LogP contribution in [-0.2, 0) is 33.7 Å². The summed E-state index contributed by atoms with van der Waals surface area (Å²) in [5.41, 5.74) is 0.979. The van der Waals surface area contributed by atoms with E-state index < -0.39 is 35.3 Å². The van der Waals surface area contributed by atoms with Crippen molar-refractivity contribution in [1.29, 1.82) is 0 Å². The molecular weight excluding hydrogens is 568 g/mol. The van der Waals surface area contributed by atoms with Crippen LogP contribution in [-0.4, -0.2) is 80.1 Å². The van der Waals surface area contributed by atoms with Crippen LogP contribution in [0, 0.1) is 17.0 Å². The van der Waals surface area contributed by atoms with Crippen LogP contribution in [0.5, 0.6) is 11.5 Å². The number of rotatable bonds is 11. The minimum absolute atomic E-state index is 0.0130. The van der Waals surface area contributed by atoms with Crippen molar-refractivity contribution in [1.82, 2.24) is 10.3 Å². The van der Waals surface area contributed by atoms with Gasteiger partial charge in [0.1, 0.15) is 42.7 Å². The number of methoxy groups -OCH3 is 1. The zero-order chi connectivity index (χ0) is 29.9. The Labute approximate surface area is 246 Å². The molecule has 9 nitrogen and oxygen atoms in total. The van der Waals surface area contributed by atoms with Gasteiger partial charge in [-0.3, -0.25) is 9.59 Å². The number of carboxylic acids is 1. The Morgan fingerprint density at radius 2 is 1.83 bits per heavy atom. The van der Waals surface area contributed by atoms with E-state index in [9.17, 15) is 23.5 Å². The van der Waals surface area contributed by atoms with Crippen LogP contribution >= 0.6 is 11.3 Å². The van der Waals surface area contributed by atoms with E-state index in [2.05, 4.69) is 17.3 Å². The lowest BCUT2D eigenvalue weighted by Gasteiger charge is -2.37. The SMILES string of the molecule is COc1cc(OCC[N+]2(C)CCOCC2)ccc1-c1csc(CNC(=O)C2(CC(=O)O)Cc3cc(F)c(F)cc3C2)n1. The van der Waals surface area contributed by atoms with E-state index in [-0.39, 0.29) is 19.4 Å². The second-order valence-corrected chi connectivity index (χ2v) is 12.1. The third kappa shape index (κ3) is 6.55. The van der Waals surface area contributed by atoms with E-state index in [1.807, 2.05) is 23.6 Å². The monoisotopic (exact) mass is 602 g/mol. The second kappa shape index (κ2) is 12.3. The molecule has 0 unspecified atom stereocenters. The number of nitrogens with one attached hydrogen (secondary N) is 1. The van der Waals surface area contributed by atoms with E-state index in [1.165, 1.54) is 11.3 Å². The van der Waals surface area contributed by atoms with Gasteiger partial charge in [0.05, 0.1) is 51.4 Å². The number of aromatic nitrogens is 1. The van der Waals surface area contributed by atoms with Crippen molar-refractivity contribution in [2.24, 2.45) is 5.41 Å². The molecule has 0 radical (unpaired) electrons. The summed E-state index contributed by atoms with van der Waals surface area (Å²) in [6.07, 6.45) is -0.434. The predicted octanol–water partition coefficient (Wildman–Crippen LogP) is 3.83. The Morgan fingerprint density at radius 1 is 1.14 bits per heavy atom. The Bertz CT molecular complexity index is 1440. The maximum Gasteiger partial charge on any atom is 0.304 e. The van der Waals surface area contributed by atoms with Gasteiger partial charge in [-0.05, 0) is 48.2 Å². The van der Waals surface area contributed by atoms with Gasteiger partial charge in [0.15, 0.2) is 11.6 Å². The molecule has 5 rings (SSSR count). The predicted molar refractivity (Wildman–Crippen MR) is 151 cm³/mol. The summed E-state index contributed by atoms with van der Waals surface area (Å²) < 4.78 is 45.6. The highest BCUT2D eigenvalue weighted by Gasteiger charge is 2.46. The number of ether oxygens (including phenoxy) is 3. The number of carbonyl (C=O) groups excluding carboxylic acids is 1. The molecule has 0 bridgehead atoms. The number of likely N-dealkylation sites (N-methyl/N-ethyl adjacent to an activating group) is 1. The third-order valence-electron chi connectivity index (χ3n) is 8.12. The van der Waals surface area contributed by atoms with Crippen LogP contribution in [0.15, 0.2) is 35.7 Å². The van der Waals surface area contributed by atoms with Crippen molar-refractivity contribution in [2.45, 2.75) is 25.8 Å². The zero-order valence-electron chi connectivity index (χ0n) is 23.6. The average Bonchev–Trinajstić information content (AvgIpc) is 3.56. The molecule has 42 heavy (non-hydrogen) atoms. The normalized spacial score (nSPS) is 17.0. The zero-order valence-corrected chi connectivity index (χ0v) is 24.4. The van der Waals surface area contributed by atoms with Gasteiger partial charge in [-0.1, -0.05) is 0 Å². The van der Waals surface area contributed by atoms with Crippen LogP contribution < -0.4 is 14.8 Å². The number of halogens is 2. The fourth-order valence-corrected chi connectivity index (χ4v) is 6.36. The number of fused-ring (bicyclic) bond motifs is 1. The number of hydrogen-bond donors (Lipinski definition) is 2. The average molecular weight is 603 g/mol. The summed E-state index contributed by atoms with van der Waals surface area (Å²) in [4.78, 5) is 29.6. The molecule has 12 heteroatoms. The van der Waals surface area contributed by atoms with Gasteiger partial charge in [-0.25, -0.2) is 13.8 Å². The molecule has 3 aromatic rings. The van der Waals surface area contributed by atoms with Gasteiger partial charge in [-0.2, -0.15) is 0 Å². The van der Waals surface area contributed by atoms with Crippen molar-refractivity contribution in [3.8, 4) is 22.8 Å². The second-order valence-electron chi connectivity index (χ2n) is 11.2. The topological polar surface area (TPSA) is 107 Å². The molecule has 1 aliphatic carbocycles. The standard InChI is InChI=1S/C30H33F2N3O6S/c1-35(5-8-40-9-6-35)7-10-41-21-3-4-22(26(13-21)39-2)25-18-42-27(34-25)17-33-29(38)30(16-28(36)37)14-19-11-23(31)24(32)12-20(19)15-30/h3-4,11-13,18H,5-10,14-17H2,1-2H3,(H-,33,36,37,38)/p+1. The lowest BCUT2D eigenvalue weighted by Crippen LogP contribution is -2.53. The van der Waals surface area contributed by atoms with Crippen molar-refractivity contribution >= 4 is 23.2 Å². The highest BCUT2D eigenvalue weighted by atomic mass is 32.1. The first-order chi connectivity index (χ1) is 20.1. The molecule has 1 amide bonds. The number of hydrogen-bond acceptors (Lipinski definition) is 7. The Morgan fingerprint density at radius 3 is 2.48 bits per heavy atom. The number of quaternary nitrogens is 1. The molecule has 224 valence electrons. The van der Waals surface area contributed by atoms with E-state index >= 15 is 0 Å². The summed E-state index contributed by atoms with van der Waals surface area (Å²) in [6, 6.07) is 7.67. The van der Waals surface area contributed by atoms with E-state index in [1.54, 1.807) is 7.11 Å². The fraction of sp³-hybridized carbons (Fsp3) is 0.433. The first-order valence-electron chi connectivity index (χ1n) is 13.7. The van der Waals surface area contributed by atoms with Gasteiger partial charge in [0.25, 0.3) is 0 Å². The van der Waals surface area contributed by atoms with Gasteiger partial charge in [0, 0.05) is 17.0 Å². The Kier molecular flexibility index (Phi) is 8.76. The largest absolute Gasteiger partial charge is 0.496 e. The number of morpholine rings is 1. The van der Waals surface area contributed by atoms with E-state index in [4.69, 9.17) is 14.2 Å². The summed E-state index contributed by atoms with van der Waals surface area (Å²) in [5, 5.41) is 14.8. The van der Waals surface area contributed by atoms with Crippen molar-refractivity contribution < 1.29 is 42.2 Å². The lowest BCUT2D eigenvalue weighted by molar-refractivity contribution is -0.916. The summed E-state index contributed by atoms with van der Waals surface area (Å²) in [6.45, 7) is 4.98. The molecule has 0 atom stereocenters. The molecule has 2 heterocycles. The number of amides is 1. The molecule has 2 aromatic carbocycles. The number of carboxylic acid groups (broad SMARTS) is 1.